The van der Waals surface area contributed by atoms with Gasteiger partial charge in [-0.1, -0.05) is 23.2 Å². The van der Waals surface area contributed by atoms with Crippen LogP contribution in [-0.4, -0.2) is 40.2 Å². The molecule has 2 rings (SSSR count). The molecular formula is C19H20Cl2N2O5S. The third-order valence-electron chi connectivity index (χ3n) is 3.94. The molecule has 0 spiro atoms. The molecule has 0 aromatic heterocycles. The first-order valence-corrected chi connectivity index (χ1v) is 11.1. The molecule has 0 saturated carbocycles. The lowest BCUT2D eigenvalue weighted by molar-refractivity contribution is -0.116. The monoisotopic (exact) mass is 458 g/mol. The van der Waals surface area contributed by atoms with Gasteiger partial charge in [0.05, 0.1) is 29.6 Å². The minimum Gasteiger partial charge on any atom is -0.465 e. The molecule has 2 aromatic rings. The lowest BCUT2D eigenvalue weighted by atomic mass is 10.2. The van der Waals surface area contributed by atoms with Gasteiger partial charge in [-0.3, -0.25) is 9.10 Å². The molecule has 1 N–H and O–H groups in total. The van der Waals surface area contributed by atoms with Crippen LogP contribution < -0.4 is 9.62 Å². The Balaban J connectivity index is 1.99. The summed E-state index contributed by atoms with van der Waals surface area (Å²) >= 11 is 11.8. The zero-order valence-electron chi connectivity index (χ0n) is 15.8. The maximum absolute atomic E-state index is 12.2. The number of anilines is 2. The van der Waals surface area contributed by atoms with Crippen LogP contribution in [0.1, 0.15) is 23.2 Å². The van der Waals surface area contributed by atoms with Crippen molar-refractivity contribution >= 4 is 56.5 Å². The first-order valence-electron chi connectivity index (χ1n) is 8.53. The number of methoxy groups -OCH3 is 1. The third-order valence-corrected chi connectivity index (χ3v) is 5.71. The van der Waals surface area contributed by atoms with E-state index in [1.165, 1.54) is 23.5 Å². The lowest BCUT2D eigenvalue weighted by Gasteiger charge is -2.22. The number of nitrogens with one attached hydrogen (secondary N) is 1. The van der Waals surface area contributed by atoms with Gasteiger partial charge in [0, 0.05) is 23.7 Å². The van der Waals surface area contributed by atoms with E-state index in [-0.39, 0.29) is 29.5 Å². The average Bonchev–Trinajstić information content (AvgIpc) is 2.66. The van der Waals surface area contributed by atoms with Gasteiger partial charge in [-0.25, -0.2) is 13.2 Å². The van der Waals surface area contributed by atoms with Crippen LogP contribution in [0.15, 0.2) is 42.5 Å². The van der Waals surface area contributed by atoms with Gasteiger partial charge in [0.15, 0.2) is 0 Å². The molecule has 0 aliphatic carbocycles. The molecule has 0 fully saturated rings. The van der Waals surface area contributed by atoms with Crippen molar-refractivity contribution in [1.82, 2.24) is 0 Å². The predicted molar refractivity (Wildman–Crippen MR) is 114 cm³/mol. The summed E-state index contributed by atoms with van der Waals surface area (Å²) in [6, 6.07) is 10.9. The minimum atomic E-state index is -3.52. The Morgan fingerprint density at radius 3 is 2.34 bits per heavy atom. The highest BCUT2D eigenvalue weighted by atomic mass is 35.5. The molecule has 0 atom stereocenters. The Kier molecular flexibility index (Phi) is 7.89. The van der Waals surface area contributed by atoms with E-state index in [1.54, 1.807) is 30.3 Å². The molecule has 156 valence electrons. The van der Waals surface area contributed by atoms with Crippen LogP contribution in [-0.2, 0) is 19.6 Å². The van der Waals surface area contributed by atoms with Crippen LogP contribution in [0, 0.1) is 0 Å². The smallest absolute Gasteiger partial charge is 0.339 e. The number of esters is 1. The van der Waals surface area contributed by atoms with Gasteiger partial charge in [-0.05, 0) is 48.9 Å². The fourth-order valence-electron chi connectivity index (χ4n) is 2.57. The van der Waals surface area contributed by atoms with Crippen LogP contribution in [0.3, 0.4) is 0 Å². The fraction of sp³-hybridized carbons (Fsp3) is 0.263. The summed E-state index contributed by atoms with van der Waals surface area (Å²) < 4.78 is 30.0. The molecule has 0 heterocycles. The highest BCUT2D eigenvalue weighted by Gasteiger charge is 2.18. The number of carbonyl (C=O) groups is 2. The van der Waals surface area contributed by atoms with E-state index in [0.717, 1.165) is 6.26 Å². The first-order chi connectivity index (χ1) is 13.6. The van der Waals surface area contributed by atoms with Crippen LogP contribution in [0.25, 0.3) is 0 Å². The van der Waals surface area contributed by atoms with E-state index < -0.39 is 16.0 Å². The van der Waals surface area contributed by atoms with Crippen molar-refractivity contribution in [2.45, 2.75) is 12.8 Å². The van der Waals surface area contributed by atoms with Gasteiger partial charge in [0.2, 0.25) is 15.9 Å². The topological polar surface area (TPSA) is 92.8 Å². The van der Waals surface area contributed by atoms with Crippen molar-refractivity contribution in [3.8, 4) is 0 Å². The number of carbonyl (C=O) groups excluding carboxylic acids is 2. The summed E-state index contributed by atoms with van der Waals surface area (Å²) in [7, 11) is -2.28. The van der Waals surface area contributed by atoms with Crippen LogP contribution in [0.2, 0.25) is 10.0 Å². The maximum atomic E-state index is 12.2. The third kappa shape index (κ3) is 6.62. The number of amides is 1. The second-order valence-electron chi connectivity index (χ2n) is 6.15. The number of sulfonamides is 1. The van der Waals surface area contributed by atoms with Crippen molar-refractivity contribution in [2.75, 3.05) is 29.5 Å². The molecule has 0 radical (unpaired) electrons. The van der Waals surface area contributed by atoms with Crippen LogP contribution in [0.5, 0.6) is 0 Å². The van der Waals surface area contributed by atoms with E-state index >= 15 is 0 Å². The Labute approximate surface area is 179 Å². The summed E-state index contributed by atoms with van der Waals surface area (Å²) in [5.74, 6) is -0.939. The molecule has 7 nitrogen and oxygen atoms in total. The lowest BCUT2D eigenvalue weighted by Crippen LogP contribution is -2.31. The molecule has 0 aliphatic rings. The number of nitrogens with zero attached hydrogens (tertiary/aromatic N) is 1. The largest absolute Gasteiger partial charge is 0.465 e. The van der Waals surface area contributed by atoms with Crippen molar-refractivity contribution in [3.05, 3.63) is 58.1 Å². The van der Waals surface area contributed by atoms with E-state index in [2.05, 4.69) is 10.1 Å². The number of benzene rings is 2. The van der Waals surface area contributed by atoms with Crippen LogP contribution >= 0.6 is 23.2 Å². The molecule has 0 bridgehead atoms. The number of halogens is 2. The molecule has 0 unspecified atom stereocenters. The van der Waals surface area contributed by atoms with E-state index in [9.17, 15) is 18.0 Å². The summed E-state index contributed by atoms with van der Waals surface area (Å²) in [5.41, 5.74) is 0.994. The fourth-order valence-corrected chi connectivity index (χ4v) is 3.86. The molecular weight excluding hydrogens is 439 g/mol. The highest BCUT2D eigenvalue weighted by Crippen LogP contribution is 2.23. The molecule has 0 saturated heterocycles. The Bertz CT molecular complexity index is 994. The summed E-state index contributed by atoms with van der Waals surface area (Å²) in [4.78, 5) is 23.9. The van der Waals surface area contributed by atoms with Gasteiger partial charge in [0.1, 0.15) is 0 Å². The van der Waals surface area contributed by atoms with Crippen molar-refractivity contribution in [3.63, 3.8) is 0 Å². The summed E-state index contributed by atoms with van der Waals surface area (Å²) in [6.45, 7) is 0.127. The Morgan fingerprint density at radius 2 is 1.76 bits per heavy atom. The van der Waals surface area contributed by atoms with Gasteiger partial charge >= 0.3 is 5.97 Å². The number of hydrogen-bond acceptors (Lipinski definition) is 5. The second-order valence-corrected chi connectivity index (χ2v) is 8.90. The average molecular weight is 459 g/mol. The zero-order valence-corrected chi connectivity index (χ0v) is 18.1. The van der Waals surface area contributed by atoms with Gasteiger partial charge < -0.3 is 10.1 Å². The van der Waals surface area contributed by atoms with Crippen molar-refractivity contribution in [2.24, 2.45) is 0 Å². The van der Waals surface area contributed by atoms with Gasteiger partial charge in [-0.2, -0.15) is 0 Å². The van der Waals surface area contributed by atoms with Crippen molar-refractivity contribution < 1.29 is 22.7 Å². The van der Waals surface area contributed by atoms with E-state index in [1.807, 2.05) is 0 Å². The molecule has 0 aliphatic heterocycles. The Morgan fingerprint density at radius 1 is 1.10 bits per heavy atom. The zero-order chi connectivity index (χ0) is 21.6. The van der Waals surface area contributed by atoms with Gasteiger partial charge in [0.25, 0.3) is 0 Å². The molecule has 2 aromatic carbocycles. The summed E-state index contributed by atoms with van der Waals surface area (Å²) in [6.07, 6.45) is 1.47. The quantitative estimate of drug-likeness (QED) is 0.604. The number of ether oxygens (including phenoxy) is 1. The SMILES string of the molecule is COC(=O)c1cc(NC(=O)CCCN(c2ccc(Cl)cc2)S(C)(=O)=O)ccc1Cl. The number of rotatable bonds is 8. The summed E-state index contributed by atoms with van der Waals surface area (Å²) in [5, 5.41) is 3.36. The van der Waals surface area contributed by atoms with Gasteiger partial charge in [-0.15, -0.1) is 0 Å². The van der Waals surface area contributed by atoms with E-state index in [4.69, 9.17) is 23.2 Å². The minimum absolute atomic E-state index is 0.0792. The second kappa shape index (κ2) is 9.96. The van der Waals surface area contributed by atoms with E-state index in [0.29, 0.717) is 22.8 Å². The normalized spacial score (nSPS) is 11.0. The predicted octanol–water partition coefficient (Wildman–Crippen LogP) is 3.96. The maximum Gasteiger partial charge on any atom is 0.339 e. The molecule has 1 amide bonds. The molecule has 10 heteroatoms. The standard InChI is InChI=1S/C19H20Cl2N2O5S/c1-28-19(25)16-12-14(7-10-17(16)21)22-18(24)4-3-11-23(29(2,26)27)15-8-5-13(20)6-9-15/h5-10,12H,3-4,11H2,1-2H3,(H,22,24). The van der Waals surface area contributed by atoms with Crippen LogP contribution in [0.4, 0.5) is 11.4 Å². The number of hydrogen-bond donors (Lipinski definition) is 1. The Hall–Kier alpha value is -2.29. The molecule has 29 heavy (non-hydrogen) atoms. The first kappa shape index (κ1) is 23.0. The van der Waals surface area contributed by atoms with Crippen molar-refractivity contribution in [1.29, 1.82) is 0 Å². The highest BCUT2D eigenvalue weighted by molar-refractivity contribution is 7.92.